The molecule has 2 heterocycles. The highest BCUT2D eigenvalue weighted by molar-refractivity contribution is 5.78. The van der Waals surface area contributed by atoms with E-state index in [-0.39, 0.29) is 11.5 Å². The van der Waals surface area contributed by atoms with Crippen molar-refractivity contribution in [3.63, 3.8) is 0 Å². The Bertz CT molecular complexity index is 991. The van der Waals surface area contributed by atoms with E-state index in [1.807, 2.05) is 28.0 Å². The highest BCUT2D eigenvalue weighted by Crippen LogP contribution is 2.23. The Labute approximate surface area is 194 Å². The molecule has 0 spiro atoms. The molecule has 2 aliphatic rings. The molecule has 2 aromatic rings. The zero-order valence-corrected chi connectivity index (χ0v) is 19.0. The van der Waals surface area contributed by atoms with E-state index in [1.54, 1.807) is 19.2 Å². The quantitative estimate of drug-likeness (QED) is 0.671. The lowest BCUT2D eigenvalue weighted by Gasteiger charge is -2.38. The molecule has 4 rings (SSSR count). The minimum atomic E-state index is -0.487. The number of nitriles is 1. The van der Waals surface area contributed by atoms with Crippen molar-refractivity contribution in [2.45, 2.75) is 6.54 Å². The van der Waals surface area contributed by atoms with E-state index in [1.165, 1.54) is 11.6 Å². The fourth-order valence-electron chi connectivity index (χ4n) is 4.47. The normalized spacial score (nSPS) is 17.6. The van der Waals surface area contributed by atoms with E-state index in [4.69, 9.17) is 4.74 Å². The molecule has 2 fully saturated rings. The number of nitrogens with zero attached hydrogens (tertiary/aromatic N) is 5. The molecule has 7 nitrogen and oxygen atoms in total. The van der Waals surface area contributed by atoms with E-state index in [2.05, 4.69) is 21.9 Å². The topological polar surface area (TPSA) is 63.1 Å². The summed E-state index contributed by atoms with van der Waals surface area (Å²) in [5, 5.41) is 9.28. The first-order chi connectivity index (χ1) is 16.1. The lowest BCUT2D eigenvalue weighted by molar-refractivity contribution is -0.134. The second kappa shape index (κ2) is 10.6. The molecule has 1 amide bonds. The van der Waals surface area contributed by atoms with Crippen LogP contribution in [0.2, 0.25) is 0 Å². The molecule has 2 aliphatic heterocycles. The fourth-order valence-corrected chi connectivity index (χ4v) is 4.47. The van der Waals surface area contributed by atoms with E-state index in [0.29, 0.717) is 38.4 Å². The van der Waals surface area contributed by atoms with Crippen LogP contribution in [0.4, 0.5) is 10.1 Å². The third-order valence-corrected chi connectivity index (χ3v) is 6.47. The minimum absolute atomic E-state index is 0.0922. The SMILES string of the molecule is COc1ccc(CN2CCN(C(=O)CN3CCN(c4cccc(F)c4C#N)CC3)CC2)cc1. The Morgan fingerprint density at radius 2 is 1.64 bits per heavy atom. The van der Waals surface area contributed by atoms with Crippen molar-refractivity contribution < 1.29 is 13.9 Å². The second-order valence-corrected chi connectivity index (χ2v) is 8.51. The first-order valence-electron chi connectivity index (χ1n) is 11.4. The molecule has 0 N–H and O–H groups in total. The Morgan fingerprint density at radius 3 is 2.27 bits per heavy atom. The molecule has 0 aliphatic carbocycles. The van der Waals surface area contributed by atoms with Crippen LogP contribution in [-0.2, 0) is 11.3 Å². The van der Waals surface area contributed by atoms with Gasteiger partial charge in [-0.2, -0.15) is 5.26 Å². The maximum Gasteiger partial charge on any atom is 0.236 e. The number of ether oxygens (including phenoxy) is 1. The van der Waals surface area contributed by atoms with Gasteiger partial charge >= 0.3 is 0 Å². The molecule has 8 heteroatoms. The van der Waals surface area contributed by atoms with Crippen LogP contribution in [0, 0.1) is 17.1 Å². The number of halogens is 1. The van der Waals surface area contributed by atoms with E-state index in [0.717, 1.165) is 38.5 Å². The number of carbonyl (C=O) groups excluding carboxylic acids is 1. The van der Waals surface area contributed by atoms with Gasteiger partial charge in [-0.05, 0) is 29.8 Å². The third-order valence-electron chi connectivity index (χ3n) is 6.47. The van der Waals surface area contributed by atoms with Crippen molar-refractivity contribution in [2.24, 2.45) is 0 Å². The molecule has 33 heavy (non-hydrogen) atoms. The van der Waals surface area contributed by atoms with Crippen LogP contribution < -0.4 is 9.64 Å². The molecular formula is C25H30FN5O2. The predicted octanol–water partition coefficient (Wildman–Crippen LogP) is 2.17. The fraction of sp³-hybridized carbons (Fsp3) is 0.440. The smallest absolute Gasteiger partial charge is 0.236 e. The van der Waals surface area contributed by atoms with Gasteiger partial charge in [-0.3, -0.25) is 14.6 Å². The summed E-state index contributed by atoms with van der Waals surface area (Å²) in [4.78, 5) is 21.3. The van der Waals surface area contributed by atoms with Crippen molar-refractivity contribution in [2.75, 3.05) is 70.9 Å². The average molecular weight is 452 g/mol. The number of hydrogen-bond donors (Lipinski definition) is 0. The molecule has 0 bridgehead atoms. The van der Waals surface area contributed by atoms with Gasteiger partial charge < -0.3 is 14.5 Å². The van der Waals surface area contributed by atoms with Crippen LogP contribution in [0.5, 0.6) is 5.75 Å². The van der Waals surface area contributed by atoms with E-state index < -0.39 is 5.82 Å². The number of anilines is 1. The maximum absolute atomic E-state index is 13.9. The Balaban J connectivity index is 1.22. The molecular weight excluding hydrogens is 421 g/mol. The minimum Gasteiger partial charge on any atom is -0.497 e. The van der Waals surface area contributed by atoms with Crippen molar-refractivity contribution in [3.05, 3.63) is 59.4 Å². The van der Waals surface area contributed by atoms with Crippen molar-refractivity contribution in [3.8, 4) is 11.8 Å². The highest BCUT2D eigenvalue weighted by atomic mass is 19.1. The lowest BCUT2D eigenvalue weighted by atomic mass is 10.1. The van der Waals surface area contributed by atoms with Crippen LogP contribution >= 0.6 is 0 Å². The number of methoxy groups -OCH3 is 1. The van der Waals surface area contributed by atoms with Gasteiger partial charge in [0, 0.05) is 58.9 Å². The van der Waals surface area contributed by atoms with Crippen LogP contribution in [-0.4, -0.2) is 86.6 Å². The summed E-state index contributed by atoms with van der Waals surface area (Å²) in [5.74, 6) is 0.534. The number of carbonyl (C=O) groups is 1. The maximum atomic E-state index is 13.9. The van der Waals surface area contributed by atoms with Crippen LogP contribution in [0.25, 0.3) is 0 Å². The van der Waals surface area contributed by atoms with E-state index >= 15 is 0 Å². The summed E-state index contributed by atoms with van der Waals surface area (Å²) in [6.45, 7) is 7.24. The average Bonchev–Trinajstić information content (AvgIpc) is 2.85. The van der Waals surface area contributed by atoms with Gasteiger partial charge in [0.15, 0.2) is 0 Å². The molecule has 2 saturated heterocycles. The highest BCUT2D eigenvalue weighted by Gasteiger charge is 2.26. The second-order valence-electron chi connectivity index (χ2n) is 8.51. The molecule has 0 saturated carbocycles. The van der Waals surface area contributed by atoms with Crippen molar-refractivity contribution in [1.82, 2.24) is 14.7 Å². The van der Waals surface area contributed by atoms with Gasteiger partial charge in [-0.25, -0.2) is 4.39 Å². The molecule has 0 atom stereocenters. The van der Waals surface area contributed by atoms with Gasteiger partial charge in [-0.15, -0.1) is 0 Å². The van der Waals surface area contributed by atoms with Gasteiger partial charge in [0.1, 0.15) is 23.2 Å². The molecule has 0 radical (unpaired) electrons. The number of rotatable bonds is 6. The third kappa shape index (κ3) is 5.62. The van der Waals surface area contributed by atoms with Crippen molar-refractivity contribution in [1.29, 1.82) is 5.26 Å². The standard InChI is InChI=1S/C25H30FN5O2/c1-33-21-7-5-20(6-8-21)18-28-11-15-31(16-12-28)25(32)19-29-9-13-30(14-10-29)24-4-2-3-23(26)22(24)17-27/h2-8H,9-16,18-19H2,1H3. The Morgan fingerprint density at radius 1 is 0.970 bits per heavy atom. The zero-order chi connectivity index (χ0) is 23.2. The number of amides is 1. The van der Waals surface area contributed by atoms with E-state index in [9.17, 15) is 14.4 Å². The van der Waals surface area contributed by atoms with Gasteiger partial charge in [-0.1, -0.05) is 18.2 Å². The Kier molecular flexibility index (Phi) is 7.43. The van der Waals surface area contributed by atoms with Gasteiger partial charge in [0.25, 0.3) is 0 Å². The summed E-state index contributed by atoms with van der Waals surface area (Å²) < 4.78 is 19.1. The summed E-state index contributed by atoms with van der Waals surface area (Å²) >= 11 is 0. The number of piperazine rings is 2. The van der Waals surface area contributed by atoms with Crippen LogP contribution in [0.15, 0.2) is 42.5 Å². The molecule has 174 valence electrons. The molecule has 0 aromatic heterocycles. The van der Waals surface area contributed by atoms with Crippen molar-refractivity contribution >= 4 is 11.6 Å². The number of benzene rings is 2. The first-order valence-corrected chi connectivity index (χ1v) is 11.4. The monoisotopic (exact) mass is 451 g/mol. The lowest BCUT2D eigenvalue weighted by Crippen LogP contribution is -2.53. The summed E-state index contributed by atoms with van der Waals surface area (Å²) in [7, 11) is 1.67. The summed E-state index contributed by atoms with van der Waals surface area (Å²) in [6.07, 6.45) is 0. The molecule has 0 unspecified atom stereocenters. The molecule has 2 aromatic carbocycles. The van der Waals surface area contributed by atoms with Crippen LogP contribution in [0.1, 0.15) is 11.1 Å². The predicted molar refractivity (Wildman–Crippen MR) is 125 cm³/mol. The van der Waals surface area contributed by atoms with Crippen LogP contribution in [0.3, 0.4) is 0 Å². The first kappa shape index (κ1) is 23.0. The largest absolute Gasteiger partial charge is 0.497 e. The van der Waals surface area contributed by atoms with Gasteiger partial charge in [0.05, 0.1) is 19.3 Å². The Hall–Kier alpha value is -3.15. The van der Waals surface area contributed by atoms with Gasteiger partial charge in [0.2, 0.25) is 5.91 Å². The summed E-state index contributed by atoms with van der Waals surface area (Å²) in [6, 6.07) is 14.8. The zero-order valence-electron chi connectivity index (χ0n) is 19.0. The number of hydrogen-bond acceptors (Lipinski definition) is 6. The summed E-state index contributed by atoms with van der Waals surface area (Å²) in [5.41, 5.74) is 1.97.